The number of Topliss-reactive ketones (excluding diaryl/α,β-unsaturated/α-hetero) is 1. The van der Waals surface area contributed by atoms with Crippen LogP contribution in [-0.4, -0.2) is 34.2 Å². The molecule has 0 atom stereocenters. The number of hydrogen-bond donors (Lipinski definition) is 2. The van der Waals surface area contributed by atoms with Crippen LogP contribution in [0, 0.1) is 0 Å². The standard InChI is InChI=1S/C15H18N4O2S2/c1-3-8-16-14-18-19-15(23-14)22-9-13(21)17-12-7-5-4-6-11(12)10(2)20/h4-7H,3,8-9H2,1-2H3,(H,16,18)(H,17,21). The molecule has 0 spiro atoms. The molecule has 0 unspecified atom stereocenters. The number of amides is 1. The van der Waals surface area contributed by atoms with Crippen molar-refractivity contribution in [3.63, 3.8) is 0 Å². The molecule has 1 aromatic carbocycles. The number of benzene rings is 1. The van der Waals surface area contributed by atoms with Gasteiger partial charge in [0, 0.05) is 12.1 Å². The number of anilines is 2. The topological polar surface area (TPSA) is 84.0 Å². The van der Waals surface area contributed by atoms with Crippen LogP contribution in [0.4, 0.5) is 10.8 Å². The molecule has 23 heavy (non-hydrogen) atoms. The molecule has 122 valence electrons. The number of aromatic nitrogens is 2. The molecule has 2 N–H and O–H groups in total. The average Bonchev–Trinajstić information content (AvgIpc) is 2.99. The van der Waals surface area contributed by atoms with Gasteiger partial charge in [-0.2, -0.15) is 0 Å². The highest BCUT2D eigenvalue weighted by Crippen LogP contribution is 2.25. The Morgan fingerprint density at radius 2 is 2.04 bits per heavy atom. The van der Waals surface area contributed by atoms with Crippen LogP contribution in [-0.2, 0) is 4.79 Å². The number of rotatable bonds is 8. The summed E-state index contributed by atoms with van der Waals surface area (Å²) in [5, 5.41) is 14.7. The second-order valence-corrected chi connectivity index (χ2v) is 6.94. The minimum absolute atomic E-state index is 0.0793. The Kier molecular flexibility index (Phi) is 6.54. The Morgan fingerprint density at radius 1 is 1.26 bits per heavy atom. The molecule has 0 bridgehead atoms. The van der Waals surface area contributed by atoms with E-state index in [1.165, 1.54) is 30.0 Å². The van der Waals surface area contributed by atoms with Crippen molar-refractivity contribution < 1.29 is 9.59 Å². The number of ketones is 1. The maximum absolute atomic E-state index is 12.0. The van der Waals surface area contributed by atoms with Crippen molar-refractivity contribution >= 4 is 45.6 Å². The van der Waals surface area contributed by atoms with E-state index in [1.54, 1.807) is 24.3 Å². The third-order valence-corrected chi connectivity index (χ3v) is 4.85. The number of nitrogens with one attached hydrogen (secondary N) is 2. The van der Waals surface area contributed by atoms with Gasteiger partial charge in [-0.1, -0.05) is 42.2 Å². The Bertz CT molecular complexity index is 688. The molecule has 0 saturated heterocycles. The summed E-state index contributed by atoms with van der Waals surface area (Å²) < 4.78 is 0.735. The van der Waals surface area contributed by atoms with Gasteiger partial charge in [0.1, 0.15) is 0 Å². The smallest absolute Gasteiger partial charge is 0.234 e. The molecule has 0 radical (unpaired) electrons. The highest BCUT2D eigenvalue weighted by molar-refractivity contribution is 8.01. The predicted molar refractivity (Wildman–Crippen MR) is 94.5 cm³/mol. The van der Waals surface area contributed by atoms with E-state index in [4.69, 9.17) is 0 Å². The minimum Gasteiger partial charge on any atom is -0.360 e. The fourth-order valence-electron chi connectivity index (χ4n) is 1.78. The van der Waals surface area contributed by atoms with E-state index in [2.05, 4.69) is 27.8 Å². The van der Waals surface area contributed by atoms with Crippen molar-refractivity contribution in [1.82, 2.24) is 10.2 Å². The number of para-hydroxylation sites is 1. The zero-order valence-corrected chi connectivity index (χ0v) is 14.6. The van der Waals surface area contributed by atoms with Gasteiger partial charge in [0.2, 0.25) is 11.0 Å². The van der Waals surface area contributed by atoms with Crippen LogP contribution in [0.25, 0.3) is 0 Å². The normalized spacial score (nSPS) is 10.3. The quantitative estimate of drug-likeness (QED) is 0.561. The molecule has 2 rings (SSSR count). The van der Waals surface area contributed by atoms with E-state index in [0.29, 0.717) is 11.3 Å². The lowest BCUT2D eigenvalue weighted by molar-refractivity contribution is -0.113. The first kappa shape index (κ1) is 17.4. The zero-order valence-electron chi connectivity index (χ0n) is 13.0. The summed E-state index contributed by atoms with van der Waals surface area (Å²) >= 11 is 2.75. The average molecular weight is 350 g/mol. The number of carbonyl (C=O) groups excluding carboxylic acids is 2. The van der Waals surface area contributed by atoms with Crippen molar-refractivity contribution in [1.29, 1.82) is 0 Å². The summed E-state index contributed by atoms with van der Waals surface area (Å²) in [5.41, 5.74) is 1.04. The molecule has 2 aromatic rings. The Hall–Kier alpha value is -1.93. The highest BCUT2D eigenvalue weighted by atomic mass is 32.2. The first-order valence-corrected chi connectivity index (χ1v) is 9.00. The Balaban J connectivity index is 1.88. The SMILES string of the molecule is CCCNc1nnc(SCC(=O)Nc2ccccc2C(C)=O)s1. The Morgan fingerprint density at radius 3 is 2.78 bits per heavy atom. The van der Waals surface area contributed by atoms with Gasteiger partial charge in [0.05, 0.1) is 11.4 Å². The van der Waals surface area contributed by atoms with Gasteiger partial charge < -0.3 is 10.6 Å². The Labute approximate surface area is 143 Å². The fraction of sp³-hybridized carbons (Fsp3) is 0.333. The predicted octanol–water partition coefficient (Wildman–Crippen LogP) is 3.29. The number of carbonyl (C=O) groups is 2. The van der Waals surface area contributed by atoms with Crippen molar-refractivity contribution in [2.24, 2.45) is 0 Å². The van der Waals surface area contributed by atoms with E-state index in [0.717, 1.165) is 22.4 Å². The van der Waals surface area contributed by atoms with Crippen molar-refractivity contribution in [3.05, 3.63) is 29.8 Å². The van der Waals surface area contributed by atoms with Crippen molar-refractivity contribution in [2.45, 2.75) is 24.6 Å². The third kappa shape index (κ3) is 5.33. The van der Waals surface area contributed by atoms with Gasteiger partial charge in [-0.3, -0.25) is 9.59 Å². The van der Waals surface area contributed by atoms with Gasteiger partial charge in [0.15, 0.2) is 10.1 Å². The summed E-state index contributed by atoms with van der Waals surface area (Å²) in [5.74, 6) is -0.0412. The lowest BCUT2D eigenvalue weighted by Crippen LogP contribution is -2.16. The van der Waals surface area contributed by atoms with Gasteiger partial charge in [-0.05, 0) is 25.5 Å². The minimum atomic E-state index is -0.179. The summed E-state index contributed by atoms with van der Waals surface area (Å²) in [6.07, 6.45) is 1.01. The summed E-state index contributed by atoms with van der Waals surface area (Å²) in [6.45, 7) is 4.40. The van der Waals surface area contributed by atoms with Gasteiger partial charge in [-0.15, -0.1) is 10.2 Å². The first-order valence-electron chi connectivity index (χ1n) is 7.20. The molecule has 0 aliphatic heterocycles. The number of nitrogens with zero attached hydrogens (tertiary/aromatic N) is 2. The maximum Gasteiger partial charge on any atom is 0.234 e. The molecule has 1 aromatic heterocycles. The van der Waals surface area contributed by atoms with Gasteiger partial charge in [-0.25, -0.2) is 0 Å². The van der Waals surface area contributed by atoms with E-state index in [9.17, 15) is 9.59 Å². The molecule has 0 aliphatic carbocycles. The molecular formula is C15H18N4O2S2. The van der Waals surface area contributed by atoms with Crippen molar-refractivity contribution in [3.8, 4) is 0 Å². The number of thioether (sulfide) groups is 1. The van der Waals surface area contributed by atoms with E-state index < -0.39 is 0 Å². The van der Waals surface area contributed by atoms with Crippen LogP contribution >= 0.6 is 23.1 Å². The van der Waals surface area contributed by atoms with Gasteiger partial charge in [0.25, 0.3) is 0 Å². The van der Waals surface area contributed by atoms with Crippen LogP contribution in [0.15, 0.2) is 28.6 Å². The lowest BCUT2D eigenvalue weighted by Gasteiger charge is -2.08. The van der Waals surface area contributed by atoms with Crippen LogP contribution in [0.2, 0.25) is 0 Å². The summed E-state index contributed by atoms with van der Waals surface area (Å²) in [6, 6.07) is 6.97. The molecule has 6 nitrogen and oxygen atoms in total. The lowest BCUT2D eigenvalue weighted by atomic mass is 10.1. The largest absolute Gasteiger partial charge is 0.360 e. The molecule has 0 aliphatic rings. The molecule has 1 amide bonds. The van der Waals surface area contributed by atoms with Crippen molar-refractivity contribution in [2.75, 3.05) is 22.9 Å². The molecular weight excluding hydrogens is 332 g/mol. The second-order valence-electron chi connectivity index (χ2n) is 4.74. The fourth-order valence-corrected chi connectivity index (χ4v) is 3.36. The van der Waals surface area contributed by atoms with Crippen LogP contribution < -0.4 is 10.6 Å². The number of hydrogen-bond acceptors (Lipinski definition) is 7. The first-order chi connectivity index (χ1) is 11.1. The molecule has 8 heteroatoms. The monoisotopic (exact) mass is 350 g/mol. The van der Waals surface area contributed by atoms with E-state index in [-0.39, 0.29) is 17.4 Å². The second kappa shape index (κ2) is 8.64. The molecule has 0 fully saturated rings. The molecule has 0 saturated carbocycles. The van der Waals surface area contributed by atoms with Crippen LogP contribution in [0.3, 0.4) is 0 Å². The maximum atomic E-state index is 12.0. The third-order valence-electron chi connectivity index (χ3n) is 2.84. The zero-order chi connectivity index (χ0) is 16.7. The highest BCUT2D eigenvalue weighted by Gasteiger charge is 2.11. The van der Waals surface area contributed by atoms with Crippen LogP contribution in [0.1, 0.15) is 30.6 Å². The molecule has 1 heterocycles. The van der Waals surface area contributed by atoms with Gasteiger partial charge >= 0.3 is 0 Å². The van der Waals surface area contributed by atoms with E-state index >= 15 is 0 Å². The van der Waals surface area contributed by atoms with Crippen LogP contribution in [0.5, 0.6) is 0 Å². The summed E-state index contributed by atoms with van der Waals surface area (Å²) in [7, 11) is 0. The van der Waals surface area contributed by atoms with E-state index in [1.807, 2.05) is 0 Å². The summed E-state index contributed by atoms with van der Waals surface area (Å²) in [4.78, 5) is 23.6.